The van der Waals surface area contributed by atoms with Gasteiger partial charge in [0.2, 0.25) is 0 Å². The van der Waals surface area contributed by atoms with E-state index in [1.165, 1.54) is 6.07 Å². The zero-order chi connectivity index (χ0) is 16.0. The van der Waals surface area contributed by atoms with E-state index in [1.54, 1.807) is 17.8 Å². The third kappa shape index (κ3) is 2.16. The van der Waals surface area contributed by atoms with Gasteiger partial charge < -0.3 is 0 Å². The van der Waals surface area contributed by atoms with Crippen LogP contribution in [-0.2, 0) is 6.54 Å². The van der Waals surface area contributed by atoms with E-state index < -0.39 is 6.43 Å². The van der Waals surface area contributed by atoms with Gasteiger partial charge in [-0.1, -0.05) is 11.6 Å². The van der Waals surface area contributed by atoms with Gasteiger partial charge in [-0.25, -0.2) is 18.3 Å². The fourth-order valence-corrected chi connectivity index (χ4v) is 2.59. The average molecular weight is 326 g/mol. The highest BCUT2D eigenvalue weighted by atomic mass is 35.5. The average Bonchev–Trinajstić information content (AvgIpc) is 2.99. The smallest absolute Gasteiger partial charge is 0.269 e. The van der Waals surface area contributed by atoms with E-state index in [2.05, 4.69) is 15.2 Å². The van der Waals surface area contributed by atoms with Gasteiger partial charge in [0.25, 0.3) is 6.43 Å². The van der Waals surface area contributed by atoms with Crippen LogP contribution in [-0.4, -0.2) is 24.4 Å². The molecule has 0 unspecified atom stereocenters. The summed E-state index contributed by atoms with van der Waals surface area (Å²) < 4.78 is 29.6. The minimum Gasteiger partial charge on any atom is -0.269 e. The SMILES string of the molecule is CCn1ncc(-c2cc(C(F)F)n3nc(C)c(Cl)c3n2)c1C. The molecular formula is C14H14ClF2N5. The van der Waals surface area contributed by atoms with Crippen LogP contribution in [0.25, 0.3) is 16.9 Å². The number of fused-ring (bicyclic) bond motifs is 1. The Labute approximate surface area is 130 Å². The quantitative estimate of drug-likeness (QED) is 0.735. The molecule has 0 aliphatic carbocycles. The highest BCUT2D eigenvalue weighted by Crippen LogP contribution is 2.30. The first-order valence-electron chi connectivity index (χ1n) is 6.80. The Morgan fingerprint density at radius 3 is 2.64 bits per heavy atom. The summed E-state index contributed by atoms with van der Waals surface area (Å²) >= 11 is 6.14. The third-order valence-corrected chi connectivity index (χ3v) is 4.06. The molecule has 0 spiro atoms. The minimum atomic E-state index is -2.68. The van der Waals surface area contributed by atoms with Gasteiger partial charge >= 0.3 is 0 Å². The lowest BCUT2D eigenvalue weighted by Gasteiger charge is -2.07. The molecule has 22 heavy (non-hydrogen) atoms. The van der Waals surface area contributed by atoms with Gasteiger partial charge in [0.05, 0.1) is 17.6 Å². The Kier molecular flexibility index (Phi) is 3.60. The predicted octanol–water partition coefficient (Wildman–Crippen LogP) is 3.82. The molecule has 3 rings (SSSR count). The van der Waals surface area contributed by atoms with E-state index in [0.717, 1.165) is 10.2 Å². The molecule has 0 N–H and O–H groups in total. The molecule has 116 valence electrons. The number of rotatable bonds is 3. The van der Waals surface area contributed by atoms with Crippen LogP contribution in [0.5, 0.6) is 0 Å². The Morgan fingerprint density at radius 2 is 2.05 bits per heavy atom. The maximum atomic E-state index is 13.4. The summed E-state index contributed by atoms with van der Waals surface area (Å²) in [6.07, 6.45) is -1.05. The maximum Gasteiger partial charge on any atom is 0.280 e. The van der Waals surface area contributed by atoms with Crippen LogP contribution in [0.15, 0.2) is 12.3 Å². The summed E-state index contributed by atoms with van der Waals surface area (Å²) in [6.45, 7) is 6.19. The molecule has 3 heterocycles. The second-order valence-corrected chi connectivity index (χ2v) is 5.34. The zero-order valence-corrected chi connectivity index (χ0v) is 13.1. The largest absolute Gasteiger partial charge is 0.280 e. The van der Waals surface area contributed by atoms with Crippen molar-refractivity contribution in [3.63, 3.8) is 0 Å². The first-order valence-corrected chi connectivity index (χ1v) is 7.18. The first kappa shape index (κ1) is 14.9. The van der Waals surface area contributed by atoms with Crippen molar-refractivity contribution in [2.45, 2.75) is 33.7 Å². The van der Waals surface area contributed by atoms with Crippen LogP contribution in [0.2, 0.25) is 5.02 Å². The normalized spacial score (nSPS) is 11.8. The molecule has 0 atom stereocenters. The summed E-state index contributed by atoms with van der Waals surface area (Å²) in [5, 5.41) is 8.54. The van der Waals surface area contributed by atoms with E-state index in [0.29, 0.717) is 23.5 Å². The van der Waals surface area contributed by atoms with Gasteiger partial charge in [0.1, 0.15) is 10.7 Å². The van der Waals surface area contributed by atoms with Gasteiger partial charge in [-0.15, -0.1) is 0 Å². The molecule has 3 aromatic rings. The Bertz CT molecular complexity index is 853. The Balaban J connectivity index is 2.30. The monoisotopic (exact) mass is 325 g/mol. The third-order valence-electron chi connectivity index (χ3n) is 3.62. The van der Waals surface area contributed by atoms with Crippen molar-refractivity contribution in [2.24, 2.45) is 0 Å². The molecule has 3 aromatic heterocycles. The molecule has 0 aliphatic rings. The first-order chi connectivity index (χ1) is 10.4. The number of aryl methyl sites for hydroxylation is 2. The Morgan fingerprint density at radius 1 is 1.32 bits per heavy atom. The highest BCUT2D eigenvalue weighted by Gasteiger charge is 2.21. The van der Waals surface area contributed by atoms with Gasteiger partial charge in [-0.2, -0.15) is 10.2 Å². The molecule has 0 saturated carbocycles. The standard InChI is InChI=1S/C14H14ClF2N5/c1-4-21-8(3)9(6-18-21)10-5-11(13(16)17)22-14(19-10)12(15)7(2)20-22/h5-6,13H,4H2,1-3H3. The zero-order valence-electron chi connectivity index (χ0n) is 12.3. The number of alkyl halides is 2. The second-order valence-electron chi connectivity index (χ2n) is 4.96. The molecule has 0 radical (unpaired) electrons. The van der Waals surface area contributed by atoms with Crippen molar-refractivity contribution in [2.75, 3.05) is 0 Å². The maximum absolute atomic E-state index is 13.4. The van der Waals surface area contributed by atoms with Crippen LogP contribution in [0, 0.1) is 13.8 Å². The van der Waals surface area contributed by atoms with Crippen molar-refractivity contribution in [1.82, 2.24) is 24.4 Å². The van der Waals surface area contributed by atoms with Gasteiger partial charge in [-0.05, 0) is 26.8 Å². The minimum absolute atomic E-state index is 0.232. The lowest BCUT2D eigenvalue weighted by molar-refractivity contribution is 0.143. The van der Waals surface area contributed by atoms with Crippen molar-refractivity contribution >= 4 is 17.2 Å². The van der Waals surface area contributed by atoms with E-state index in [9.17, 15) is 8.78 Å². The molecule has 0 amide bonds. The van der Waals surface area contributed by atoms with E-state index in [4.69, 9.17) is 11.6 Å². The molecular weight excluding hydrogens is 312 g/mol. The fraction of sp³-hybridized carbons (Fsp3) is 0.357. The van der Waals surface area contributed by atoms with E-state index in [-0.39, 0.29) is 16.4 Å². The number of aromatic nitrogens is 5. The molecule has 8 heteroatoms. The number of hydrogen-bond acceptors (Lipinski definition) is 3. The highest BCUT2D eigenvalue weighted by molar-refractivity contribution is 6.34. The second kappa shape index (κ2) is 5.31. The molecule has 5 nitrogen and oxygen atoms in total. The van der Waals surface area contributed by atoms with Crippen LogP contribution in [0.4, 0.5) is 8.78 Å². The summed E-state index contributed by atoms with van der Waals surface area (Å²) in [6, 6.07) is 1.34. The topological polar surface area (TPSA) is 48.0 Å². The van der Waals surface area contributed by atoms with Crippen LogP contribution in [0.1, 0.15) is 30.4 Å². The van der Waals surface area contributed by atoms with E-state index in [1.807, 2.05) is 13.8 Å². The summed E-state index contributed by atoms with van der Waals surface area (Å²) in [7, 11) is 0. The fourth-order valence-electron chi connectivity index (χ4n) is 2.43. The number of hydrogen-bond donors (Lipinski definition) is 0. The van der Waals surface area contributed by atoms with Crippen molar-refractivity contribution in [3.8, 4) is 11.3 Å². The molecule has 0 fully saturated rings. The lowest BCUT2D eigenvalue weighted by atomic mass is 10.1. The summed E-state index contributed by atoms with van der Waals surface area (Å²) in [5.41, 5.74) is 2.46. The number of halogens is 3. The van der Waals surface area contributed by atoms with E-state index >= 15 is 0 Å². The summed E-state index contributed by atoms with van der Waals surface area (Å²) in [5.74, 6) is 0. The van der Waals surface area contributed by atoms with Gasteiger partial charge in [0.15, 0.2) is 5.65 Å². The van der Waals surface area contributed by atoms with Gasteiger partial charge in [0, 0.05) is 17.8 Å². The van der Waals surface area contributed by atoms with Crippen molar-refractivity contribution < 1.29 is 8.78 Å². The lowest BCUT2D eigenvalue weighted by Crippen LogP contribution is -2.03. The van der Waals surface area contributed by atoms with Crippen LogP contribution < -0.4 is 0 Å². The Hall–Kier alpha value is -2.02. The van der Waals surface area contributed by atoms with Crippen molar-refractivity contribution in [1.29, 1.82) is 0 Å². The van der Waals surface area contributed by atoms with Crippen molar-refractivity contribution in [3.05, 3.63) is 34.4 Å². The molecule has 0 aliphatic heterocycles. The van der Waals surface area contributed by atoms with Gasteiger partial charge in [-0.3, -0.25) is 4.68 Å². The van der Waals surface area contributed by atoms with Crippen LogP contribution in [0.3, 0.4) is 0 Å². The molecule has 0 bridgehead atoms. The molecule has 0 aromatic carbocycles. The molecule has 0 saturated heterocycles. The number of nitrogens with zero attached hydrogens (tertiary/aromatic N) is 5. The summed E-state index contributed by atoms with van der Waals surface area (Å²) in [4.78, 5) is 4.40. The van der Waals surface area contributed by atoms with Crippen LogP contribution >= 0.6 is 11.6 Å². The predicted molar refractivity (Wildman–Crippen MR) is 79.3 cm³/mol.